The van der Waals surface area contributed by atoms with Crippen molar-refractivity contribution in [2.75, 3.05) is 0 Å². The molecule has 0 fully saturated rings. The maximum atomic E-state index is 13.5. The molecule has 0 aliphatic rings. The molecule has 24 heavy (non-hydrogen) atoms. The van der Waals surface area contributed by atoms with E-state index in [-0.39, 0.29) is 30.2 Å². The van der Waals surface area contributed by atoms with E-state index in [0.717, 1.165) is 0 Å². The summed E-state index contributed by atoms with van der Waals surface area (Å²) in [6.07, 6.45) is 0.471. The SMILES string of the molecule is O=C(CCc1nc2ccccc2c(=O)[nH]1)NCc1ccccc1F. The van der Waals surface area contributed by atoms with Crippen molar-refractivity contribution in [2.24, 2.45) is 0 Å². The van der Waals surface area contributed by atoms with E-state index in [9.17, 15) is 14.0 Å². The van der Waals surface area contributed by atoms with Crippen molar-refractivity contribution >= 4 is 16.8 Å². The molecule has 0 saturated carbocycles. The Balaban J connectivity index is 1.60. The summed E-state index contributed by atoms with van der Waals surface area (Å²) in [6, 6.07) is 13.3. The number of fused-ring (bicyclic) bond motifs is 1. The lowest BCUT2D eigenvalue weighted by atomic mass is 10.2. The van der Waals surface area contributed by atoms with Gasteiger partial charge in [-0.05, 0) is 18.2 Å². The molecule has 122 valence electrons. The number of aromatic nitrogens is 2. The number of aromatic amines is 1. The number of carbonyl (C=O) groups excluding carboxylic acids is 1. The third-order valence-electron chi connectivity index (χ3n) is 3.68. The first kappa shape index (κ1) is 15.9. The van der Waals surface area contributed by atoms with Gasteiger partial charge >= 0.3 is 0 Å². The molecule has 2 N–H and O–H groups in total. The first-order valence-electron chi connectivity index (χ1n) is 7.61. The number of rotatable bonds is 5. The maximum Gasteiger partial charge on any atom is 0.258 e. The zero-order valence-electron chi connectivity index (χ0n) is 12.9. The summed E-state index contributed by atoms with van der Waals surface area (Å²) in [5, 5.41) is 3.18. The zero-order valence-corrected chi connectivity index (χ0v) is 12.9. The standard InChI is InChI=1S/C18H16FN3O2/c19-14-7-3-1-5-12(14)11-20-17(23)10-9-16-21-15-8-4-2-6-13(15)18(24)22-16/h1-8H,9-11H2,(H,20,23)(H,21,22,24). The lowest BCUT2D eigenvalue weighted by Gasteiger charge is -2.06. The number of hydrogen-bond acceptors (Lipinski definition) is 3. The van der Waals surface area contributed by atoms with Gasteiger partial charge in [0.05, 0.1) is 10.9 Å². The molecule has 0 bridgehead atoms. The highest BCUT2D eigenvalue weighted by atomic mass is 19.1. The summed E-state index contributed by atoms with van der Waals surface area (Å²) in [5.74, 6) is -0.118. The topological polar surface area (TPSA) is 74.8 Å². The molecular weight excluding hydrogens is 309 g/mol. The molecule has 0 unspecified atom stereocenters. The van der Waals surface area contributed by atoms with Crippen LogP contribution in [0.15, 0.2) is 53.3 Å². The number of para-hydroxylation sites is 1. The normalized spacial score (nSPS) is 10.7. The molecular formula is C18H16FN3O2. The number of nitrogens with zero attached hydrogens (tertiary/aromatic N) is 1. The fourth-order valence-corrected chi connectivity index (χ4v) is 2.41. The van der Waals surface area contributed by atoms with Gasteiger partial charge in [-0.3, -0.25) is 9.59 Å². The smallest absolute Gasteiger partial charge is 0.258 e. The molecule has 1 aromatic heterocycles. The van der Waals surface area contributed by atoms with Crippen molar-refractivity contribution < 1.29 is 9.18 Å². The van der Waals surface area contributed by atoms with Gasteiger partial charge in [0.2, 0.25) is 5.91 Å². The minimum atomic E-state index is -0.349. The molecule has 5 nitrogen and oxygen atoms in total. The minimum Gasteiger partial charge on any atom is -0.352 e. The van der Waals surface area contributed by atoms with E-state index in [0.29, 0.717) is 28.7 Å². The lowest BCUT2D eigenvalue weighted by molar-refractivity contribution is -0.121. The molecule has 0 saturated heterocycles. The van der Waals surface area contributed by atoms with Crippen molar-refractivity contribution in [1.29, 1.82) is 0 Å². The van der Waals surface area contributed by atoms with Crippen molar-refractivity contribution in [3.05, 3.63) is 76.1 Å². The van der Waals surface area contributed by atoms with Crippen LogP contribution >= 0.6 is 0 Å². The predicted octanol–water partition coefficient (Wildman–Crippen LogP) is 2.31. The molecule has 0 spiro atoms. The van der Waals surface area contributed by atoms with Crippen molar-refractivity contribution in [1.82, 2.24) is 15.3 Å². The summed E-state index contributed by atoms with van der Waals surface area (Å²) in [6.45, 7) is 0.132. The number of carbonyl (C=O) groups is 1. The average molecular weight is 325 g/mol. The number of nitrogens with one attached hydrogen (secondary N) is 2. The largest absolute Gasteiger partial charge is 0.352 e. The van der Waals surface area contributed by atoms with E-state index in [2.05, 4.69) is 15.3 Å². The molecule has 0 aliphatic heterocycles. The number of halogens is 1. The minimum absolute atomic E-state index is 0.132. The Morgan fingerprint density at radius 3 is 2.71 bits per heavy atom. The molecule has 3 rings (SSSR count). The van der Waals surface area contributed by atoms with Gasteiger partial charge in [-0.2, -0.15) is 0 Å². The summed E-state index contributed by atoms with van der Waals surface area (Å²) in [7, 11) is 0. The van der Waals surface area contributed by atoms with Crippen LogP contribution in [0.5, 0.6) is 0 Å². The second kappa shape index (κ2) is 7.04. The van der Waals surface area contributed by atoms with Gasteiger partial charge in [0.1, 0.15) is 11.6 Å². The highest BCUT2D eigenvalue weighted by molar-refractivity contribution is 5.78. The number of hydrogen-bond donors (Lipinski definition) is 2. The molecule has 3 aromatic rings. The van der Waals surface area contributed by atoms with Crippen molar-refractivity contribution in [2.45, 2.75) is 19.4 Å². The van der Waals surface area contributed by atoms with Crippen LogP contribution in [-0.4, -0.2) is 15.9 Å². The Morgan fingerprint density at radius 1 is 1.12 bits per heavy atom. The Morgan fingerprint density at radius 2 is 1.88 bits per heavy atom. The number of aryl methyl sites for hydroxylation is 1. The van der Waals surface area contributed by atoms with Gasteiger partial charge in [0.15, 0.2) is 0 Å². The van der Waals surface area contributed by atoms with Crippen LogP contribution in [0.25, 0.3) is 10.9 Å². The number of H-pyrrole nitrogens is 1. The zero-order chi connectivity index (χ0) is 16.9. The fourth-order valence-electron chi connectivity index (χ4n) is 2.41. The third-order valence-corrected chi connectivity index (χ3v) is 3.68. The van der Waals surface area contributed by atoms with Gasteiger partial charge in [-0.1, -0.05) is 30.3 Å². The monoisotopic (exact) mass is 325 g/mol. The second-order valence-electron chi connectivity index (χ2n) is 5.40. The van der Waals surface area contributed by atoms with E-state index < -0.39 is 0 Å². The molecule has 2 aromatic carbocycles. The second-order valence-corrected chi connectivity index (χ2v) is 5.40. The predicted molar refractivity (Wildman–Crippen MR) is 88.9 cm³/mol. The Kier molecular flexibility index (Phi) is 4.65. The van der Waals surface area contributed by atoms with Crippen LogP contribution in [0.3, 0.4) is 0 Å². The molecule has 6 heteroatoms. The third kappa shape index (κ3) is 3.65. The summed E-state index contributed by atoms with van der Waals surface area (Å²) in [5.41, 5.74) is 0.813. The Bertz CT molecular complexity index is 937. The lowest BCUT2D eigenvalue weighted by Crippen LogP contribution is -2.24. The van der Waals surface area contributed by atoms with Crippen molar-refractivity contribution in [3.63, 3.8) is 0 Å². The quantitative estimate of drug-likeness (QED) is 0.756. The molecule has 0 aliphatic carbocycles. The van der Waals surface area contributed by atoms with Crippen LogP contribution in [-0.2, 0) is 17.8 Å². The van der Waals surface area contributed by atoms with Crippen molar-refractivity contribution in [3.8, 4) is 0 Å². The van der Waals surface area contributed by atoms with E-state index >= 15 is 0 Å². The first-order chi connectivity index (χ1) is 11.6. The summed E-state index contributed by atoms with van der Waals surface area (Å²) >= 11 is 0. The van der Waals surface area contributed by atoms with Crippen LogP contribution in [0.2, 0.25) is 0 Å². The highest BCUT2D eigenvalue weighted by Gasteiger charge is 2.08. The van der Waals surface area contributed by atoms with Crippen LogP contribution in [0.4, 0.5) is 4.39 Å². The van der Waals surface area contributed by atoms with Gasteiger partial charge in [-0.25, -0.2) is 9.37 Å². The van der Waals surface area contributed by atoms with E-state index in [4.69, 9.17) is 0 Å². The molecule has 1 amide bonds. The van der Waals surface area contributed by atoms with Crippen LogP contribution < -0.4 is 10.9 Å². The van der Waals surface area contributed by atoms with Gasteiger partial charge in [-0.15, -0.1) is 0 Å². The van der Waals surface area contributed by atoms with Gasteiger partial charge in [0.25, 0.3) is 5.56 Å². The molecule has 1 heterocycles. The maximum absolute atomic E-state index is 13.5. The summed E-state index contributed by atoms with van der Waals surface area (Å²) in [4.78, 5) is 30.9. The molecule has 0 radical (unpaired) electrons. The number of benzene rings is 2. The average Bonchev–Trinajstić information content (AvgIpc) is 2.59. The molecule has 0 atom stereocenters. The first-order valence-corrected chi connectivity index (χ1v) is 7.61. The van der Waals surface area contributed by atoms with Gasteiger partial charge in [0, 0.05) is 24.9 Å². The van der Waals surface area contributed by atoms with E-state index in [1.165, 1.54) is 6.07 Å². The number of amides is 1. The highest BCUT2D eigenvalue weighted by Crippen LogP contribution is 2.07. The van der Waals surface area contributed by atoms with Crippen LogP contribution in [0.1, 0.15) is 17.8 Å². The summed E-state index contributed by atoms with van der Waals surface area (Å²) < 4.78 is 13.5. The van der Waals surface area contributed by atoms with E-state index in [1.807, 2.05) is 0 Å². The van der Waals surface area contributed by atoms with Gasteiger partial charge < -0.3 is 10.3 Å². The van der Waals surface area contributed by atoms with Crippen LogP contribution in [0, 0.1) is 5.82 Å². The Labute approximate surface area is 137 Å². The van der Waals surface area contributed by atoms with E-state index in [1.54, 1.807) is 42.5 Å². The fraction of sp³-hybridized carbons (Fsp3) is 0.167. The Hall–Kier alpha value is -3.02.